The molecule has 0 spiro atoms. The van der Waals surface area contributed by atoms with Gasteiger partial charge in [0.05, 0.1) is 6.61 Å². The zero-order valence-corrected chi connectivity index (χ0v) is 10.7. The van der Waals surface area contributed by atoms with Crippen LogP contribution >= 0.6 is 11.6 Å². The molecule has 1 aromatic carbocycles. The fraction of sp³-hybridized carbons (Fsp3) is 0.400. The lowest BCUT2D eigenvalue weighted by Crippen LogP contribution is -2.37. The van der Waals surface area contributed by atoms with Crippen molar-refractivity contribution in [2.24, 2.45) is 0 Å². The van der Waals surface area contributed by atoms with Gasteiger partial charge in [-0.1, -0.05) is 18.5 Å². The first kappa shape index (κ1) is 14.4. The van der Waals surface area contributed by atoms with Gasteiger partial charge in [0, 0.05) is 11.1 Å². The molecule has 2 N–H and O–H groups in total. The fourth-order valence-electron chi connectivity index (χ4n) is 1.23. The standard InChI is InChI=1S/C10H13ClFNO3S/c1-2-8(6-14)13-17(15,16)10-4-3-7(11)5-9(10)12/h3-5,8,13-14H,2,6H2,1H3/t8-/m0/s1. The summed E-state index contributed by atoms with van der Waals surface area (Å²) >= 11 is 5.53. The van der Waals surface area contributed by atoms with Crippen LogP contribution in [0.1, 0.15) is 13.3 Å². The van der Waals surface area contributed by atoms with Gasteiger partial charge in [-0.15, -0.1) is 0 Å². The summed E-state index contributed by atoms with van der Waals surface area (Å²) in [5.41, 5.74) is 0. The van der Waals surface area contributed by atoms with E-state index in [-0.39, 0.29) is 11.6 Å². The van der Waals surface area contributed by atoms with Crippen LogP contribution in [0.15, 0.2) is 23.1 Å². The monoisotopic (exact) mass is 281 g/mol. The summed E-state index contributed by atoms with van der Waals surface area (Å²) in [6.07, 6.45) is 0.408. The second kappa shape index (κ2) is 5.77. The van der Waals surface area contributed by atoms with Crippen LogP contribution in [0.2, 0.25) is 5.02 Å². The molecule has 0 radical (unpaired) electrons. The van der Waals surface area contributed by atoms with E-state index < -0.39 is 26.8 Å². The molecule has 7 heteroatoms. The van der Waals surface area contributed by atoms with E-state index in [4.69, 9.17) is 16.7 Å². The molecule has 0 heterocycles. The molecule has 17 heavy (non-hydrogen) atoms. The molecule has 0 aliphatic rings. The highest BCUT2D eigenvalue weighted by molar-refractivity contribution is 7.89. The minimum Gasteiger partial charge on any atom is -0.395 e. The number of sulfonamides is 1. The highest BCUT2D eigenvalue weighted by Crippen LogP contribution is 2.19. The first-order chi connectivity index (χ1) is 7.90. The van der Waals surface area contributed by atoms with Crippen LogP contribution in [-0.4, -0.2) is 26.2 Å². The molecule has 4 nitrogen and oxygen atoms in total. The van der Waals surface area contributed by atoms with Crippen molar-refractivity contribution in [3.8, 4) is 0 Å². The Hall–Kier alpha value is -0.690. The molecule has 0 aliphatic carbocycles. The number of nitrogens with one attached hydrogen (secondary N) is 1. The molecule has 0 aliphatic heterocycles. The van der Waals surface area contributed by atoms with Crippen molar-refractivity contribution in [2.45, 2.75) is 24.3 Å². The zero-order chi connectivity index (χ0) is 13.1. The average Bonchev–Trinajstić information content (AvgIpc) is 2.25. The van der Waals surface area contributed by atoms with Gasteiger partial charge in [0.1, 0.15) is 10.7 Å². The summed E-state index contributed by atoms with van der Waals surface area (Å²) in [5.74, 6) is -0.919. The Bertz CT molecular complexity index is 488. The molecule has 0 saturated carbocycles. The van der Waals surface area contributed by atoms with E-state index in [0.717, 1.165) is 12.1 Å². The lowest BCUT2D eigenvalue weighted by molar-refractivity contribution is 0.253. The largest absolute Gasteiger partial charge is 0.395 e. The molecular formula is C10H13ClFNO3S. The molecule has 1 rings (SSSR count). The van der Waals surface area contributed by atoms with Crippen molar-refractivity contribution in [3.63, 3.8) is 0 Å². The van der Waals surface area contributed by atoms with Crippen molar-refractivity contribution in [1.82, 2.24) is 4.72 Å². The molecule has 0 fully saturated rings. The highest BCUT2D eigenvalue weighted by atomic mass is 35.5. The Labute approximate surface area is 104 Å². The third-order valence-electron chi connectivity index (χ3n) is 2.22. The topological polar surface area (TPSA) is 66.4 Å². The smallest absolute Gasteiger partial charge is 0.243 e. The van der Waals surface area contributed by atoms with Gasteiger partial charge in [0.2, 0.25) is 10.0 Å². The Kier molecular flexibility index (Phi) is 4.88. The maximum Gasteiger partial charge on any atom is 0.243 e. The summed E-state index contributed by atoms with van der Waals surface area (Å²) in [5, 5.41) is 9.03. The number of aliphatic hydroxyl groups excluding tert-OH is 1. The molecule has 0 aromatic heterocycles. The van der Waals surface area contributed by atoms with Gasteiger partial charge < -0.3 is 5.11 Å². The van der Waals surface area contributed by atoms with Gasteiger partial charge >= 0.3 is 0 Å². The lowest BCUT2D eigenvalue weighted by atomic mass is 10.3. The van der Waals surface area contributed by atoms with Crippen LogP contribution in [0.5, 0.6) is 0 Å². The van der Waals surface area contributed by atoms with Crippen LogP contribution in [-0.2, 0) is 10.0 Å². The molecular weight excluding hydrogens is 269 g/mol. The van der Waals surface area contributed by atoms with Gasteiger partial charge in [-0.05, 0) is 24.6 Å². The van der Waals surface area contributed by atoms with E-state index in [0.29, 0.717) is 6.42 Å². The van der Waals surface area contributed by atoms with E-state index in [1.54, 1.807) is 6.92 Å². The van der Waals surface area contributed by atoms with Gasteiger partial charge in [-0.2, -0.15) is 0 Å². The lowest BCUT2D eigenvalue weighted by Gasteiger charge is -2.14. The molecule has 0 amide bonds. The summed E-state index contributed by atoms with van der Waals surface area (Å²) in [6.45, 7) is 1.37. The average molecular weight is 282 g/mol. The quantitative estimate of drug-likeness (QED) is 0.860. The van der Waals surface area contributed by atoms with Gasteiger partial charge in [0.15, 0.2) is 0 Å². The second-order valence-electron chi connectivity index (χ2n) is 3.48. The van der Waals surface area contributed by atoms with E-state index in [9.17, 15) is 12.8 Å². The number of benzene rings is 1. The molecule has 0 bridgehead atoms. The van der Waals surface area contributed by atoms with Crippen LogP contribution < -0.4 is 4.72 Å². The Morgan fingerprint density at radius 2 is 2.18 bits per heavy atom. The van der Waals surface area contributed by atoms with E-state index in [1.165, 1.54) is 6.07 Å². The van der Waals surface area contributed by atoms with Gasteiger partial charge in [0.25, 0.3) is 0 Å². The van der Waals surface area contributed by atoms with Gasteiger partial charge in [-0.25, -0.2) is 17.5 Å². The van der Waals surface area contributed by atoms with Crippen molar-refractivity contribution >= 4 is 21.6 Å². The van der Waals surface area contributed by atoms with Crippen molar-refractivity contribution in [3.05, 3.63) is 29.0 Å². The minimum atomic E-state index is -3.97. The van der Waals surface area contributed by atoms with Crippen LogP contribution in [0.3, 0.4) is 0 Å². The first-order valence-electron chi connectivity index (χ1n) is 4.99. The molecule has 0 saturated heterocycles. The third kappa shape index (κ3) is 3.64. The summed E-state index contributed by atoms with van der Waals surface area (Å²) in [7, 11) is -3.97. The van der Waals surface area contributed by atoms with Gasteiger partial charge in [-0.3, -0.25) is 0 Å². The SMILES string of the molecule is CC[C@@H](CO)NS(=O)(=O)c1ccc(Cl)cc1F. The first-order valence-corrected chi connectivity index (χ1v) is 6.85. The zero-order valence-electron chi connectivity index (χ0n) is 9.15. The minimum absolute atomic E-state index is 0.121. The van der Waals surface area contributed by atoms with E-state index in [2.05, 4.69) is 4.72 Å². The normalized spacial score (nSPS) is 13.6. The van der Waals surface area contributed by atoms with Crippen LogP contribution in [0.4, 0.5) is 4.39 Å². The highest BCUT2D eigenvalue weighted by Gasteiger charge is 2.22. The van der Waals surface area contributed by atoms with E-state index >= 15 is 0 Å². The molecule has 0 unspecified atom stereocenters. The summed E-state index contributed by atoms with van der Waals surface area (Å²) in [6, 6.07) is 2.68. The number of hydrogen-bond acceptors (Lipinski definition) is 3. The molecule has 1 aromatic rings. The van der Waals surface area contributed by atoms with Crippen molar-refractivity contribution < 1.29 is 17.9 Å². The maximum absolute atomic E-state index is 13.4. The van der Waals surface area contributed by atoms with Crippen molar-refractivity contribution in [2.75, 3.05) is 6.61 Å². The molecule has 1 atom stereocenters. The van der Waals surface area contributed by atoms with E-state index in [1.807, 2.05) is 0 Å². The molecule has 96 valence electrons. The number of hydrogen-bond donors (Lipinski definition) is 2. The predicted octanol–water partition coefficient (Wildman–Crippen LogP) is 1.53. The summed E-state index contributed by atoms with van der Waals surface area (Å²) < 4.78 is 39.2. The summed E-state index contributed by atoms with van der Waals surface area (Å²) in [4.78, 5) is -0.478. The Morgan fingerprint density at radius 1 is 1.53 bits per heavy atom. The predicted molar refractivity (Wildman–Crippen MR) is 62.9 cm³/mol. The number of rotatable bonds is 5. The Balaban J connectivity index is 3.05. The van der Waals surface area contributed by atoms with Crippen molar-refractivity contribution in [1.29, 1.82) is 0 Å². The second-order valence-corrected chi connectivity index (χ2v) is 5.60. The van der Waals surface area contributed by atoms with Crippen LogP contribution in [0.25, 0.3) is 0 Å². The maximum atomic E-state index is 13.4. The number of halogens is 2. The number of aliphatic hydroxyl groups is 1. The van der Waals surface area contributed by atoms with Crippen LogP contribution in [0, 0.1) is 5.82 Å². The third-order valence-corrected chi connectivity index (χ3v) is 4.01. The Morgan fingerprint density at radius 3 is 2.65 bits per heavy atom. The fourth-order valence-corrected chi connectivity index (χ4v) is 2.75.